The highest BCUT2D eigenvalue weighted by Gasteiger charge is 2.27. The zero-order valence-electron chi connectivity index (χ0n) is 10.6. The molecule has 2 N–H and O–H groups in total. The third-order valence-electron chi connectivity index (χ3n) is 3.05. The lowest BCUT2D eigenvalue weighted by atomic mass is 10.2. The Morgan fingerprint density at radius 1 is 1.42 bits per heavy atom. The molecule has 0 bridgehead atoms. The van der Waals surface area contributed by atoms with Gasteiger partial charge in [-0.15, -0.1) is 0 Å². The minimum atomic E-state index is -0.737. The number of carboxylic acids is 1. The number of halogens is 1. The maximum atomic E-state index is 11.1. The first-order valence-corrected chi connectivity index (χ1v) is 7.99. The molecule has 1 aliphatic rings. The van der Waals surface area contributed by atoms with Crippen molar-refractivity contribution in [3.05, 3.63) is 34.9 Å². The van der Waals surface area contributed by atoms with E-state index >= 15 is 0 Å². The van der Waals surface area contributed by atoms with E-state index in [2.05, 4.69) is 5.32 Å². The number of benzene rings is 1. The molecule has 1 saturated carbocycles. The molecule has 0 amide bonds. The van der Waals surface area contributed by atoms with E-state index in [1.54, 1.807) is 11.8 Å². The Balaban J connectivity index is 1.66. The van der Waals surface area contributed by atoms with Gasteiger partial charge in [0, 0.05) is 16.8 Å². The fraction of sp³-hybridized carbons (Fsp3) is 0.500. The van der Waals surface area contributed by atoms with E-state index in [0.717, 1.165) is 29.4 Å². The molecule has 0 aromatic heterocycles. The van der Waals surface area contributed by atoms with Gasteiger partial charge in [0.15, 0.2) is 0 Å². The van der Waals surface area contributed by atoms with Gasteiger partial charge in [0.2, 0.25) is 0 Å². The third kappa shape index (κ3) is 5.43. The quantitative estimate of drug-likeness (QED) is 0.724. The van der Waals surface area contributed by atoms with Crippen LogP contribution in [0.1, 0.15) is 24.8 Å². The second-order valence-electron chi connectivity index (χ2n) is 4.80. The average molecular weight is 300 g/mol. The molecule has 1 aromatic rings. The highest BCUT2D eigenvalue weighted by atomic mass is 35.5. The van der Waals surface area contributed by atoms with Gasteiger partial charge in [-0.3, -0.25) is 4.79 Å². The number of aliphatic carboxylic acids is 1. The zero-order valence-corrected chi connectivity index (χ0v) is 12.2. The van der Waals surface area contributed by atoms with Crippen LogP contribution in [0.4, 0.5) is 0 Å². The number of hydrogen-bond donors (Lipinski definition) is 2. The van der Waals surface area contributed by atoms with Crippen molar-refractivity contribution >= 4 is 29.3 Å². The molecule has 5 heteroatoms. The smallest absolute Gasteiger partial charge is 0.320 e. The number of carbonyl (C=O) groups is 1. The van der Waals surface area contributed by atoms with Crippen LogP contribution in [0.15, 0.2) is 24.3 Å². The first-order valence-electron chi connectivity index (χ1n) is 6.46. The van der Waals surface area contributed by atoms with Crippen LogP contribution in [0.5, 0.6) is 0 Å². The second-order valence-corrected chi connectivity index (χ2v) is 6.34. The number of nitrogens with one attached hydrogen (secondary N) is 1. The van der Waals surface area contributed by atoms with Crippen LogP contribution in [-0.4, -0.2) is 28.9 Å². The fourth-order valence-corrected chi connectivity index (χ4v) is 2.89. The van der Waals surface area contributed by atoms with Crippen molar-refractivity contribution in [2.75, 3.05) is 5.75 Å². The summed E-state index contributed by atoms with van der Waals surface area (Å²) in [5.74, 6) is 1.01. The predicted molar refractivity (Wildman–Crippen MR) is 79.8 cm³/mol. The van der Waals surface area contributed by atoms with E-state index in [1.807, 2.05) is 24.3 Å². The van der Waals surface area contributed by atoms with Crippen molar-refractivity contribution in [1.29, 1.82) is 0 Å². The van der Waals surface area contributed by atoms with Gasteiger partial charge in [-0.05, 0) is 42.7 Å². The van der Waals surface area contributed by atoms with Crippen LogP contribution in [0.25, 0.3) is 0 Å². The lowest BCUT2D eigenvalue weighted by Crippen LogP contribution is -2.38. The summed E-state index contributed by atoms with van der Waals surface area (Å²) in [5, 5.41) is 13.0. The van der Waals surface area contributed by atoms with E-state index < -0.39 is 12.0 Å². The molecule has 1 aromatic carbocycles. The van der Waals surface area contributed by atoms with Gasteiger partial charge in [-0.25, -0.2) is 0 Å². The van der Waals surface area contributed by atoms with Crippen LogP contribution in [0.3, 0.4) is 0 Å². The van der Waals surface area contributed by atoms with Gasteiger partial charge in [-0.2, -0.15) is 11.8 Å². The van der Waals surface area contributed by atoms with Crippen LogP contribution in [-0.2, 0) is 10.5 Å². The molecule has 0 radical (unpaired) electrons. The molecule has 0 heterocycles. The Hall–Kier alpha value is -0.710. The number of carboxylic acid groups (broad SMARTS) is 1. The van der Waals surface area contributed by atoms with Crippen LogP contribution < -0.4 is 5.32 Å². The van der Waals surface area contributed by atoms with Gasteiger partial charge in [-0.1, -0.05) is 23.7 Å². The first-order chi connectivity index (χ1) is 9.15. The fourth-order valence-electron chi connectivity index (χ4n) is 1.78. The summed E-state index contributed by atoms with van der Waals surface area (Å²) in [5.41, 5.74) is 1.22. The maximum absolute atomic E-state index is 11.1. The van der Waals surface area contributed by atoms with Crippen molar-refractivity contribution in [2.24, 2.45) is 0 Å². The Labute approximate surface area is 122 Å². The highest BCUT2D eigenvalue weighted by molar-refractivity contribution is 7.98. The summed E-state index contributed by atoms with van der Waals surface area (Å²) in [6.45, 7) is 0. The SMILES string of the molecule is O=C(O)C(CCSCc1ccc(Cl)cc1)NC1CC1. The van der Waals surface area contributed by atoms with E-state index in [9.17, 15) is 4.79 Å². The van der Waals surface area contributed by atoms with Crippen LogP contribution in [0, 0.1) is 0 Å². The predicted octanol–water partition coefficient (Wildman–Crippen LogP) is 3.17. The van der Waals surface area contributed by atoms with Gasteiger partial charge < -0.3 is 10.4 Å². The second kappa shape index (κ2) is 7.17. The number of hydrogen-bond acceptors (Lipinski definition) is 3. The van der Waals surface area contributed by atoms with Crippen molar-refractivity contribution in [1.82, 2.24) is 5.32 Å². The molecule has 3 nitrogen and oxygen atoms in total. The molecule has 2 rings (SSSR count). The van der Waals surface area contributed by atoms with E-state index in [0.29, 0.717) is 12.5 Å². The molecular formula is C14H18ClNO2S. The minimum Gasteiger partial charge on any atom is -0.480 e. The van der Waals surface area contributed by atoms with E-state index in [-0.39, 0.29) is 0 Å². The van der Waals surface area contributed by atoms with Crippen molar-refractivity contribution in [3.8, 4) is 0 Å². The largest absolute Gasteiger partial charge is 0.480 e. The molecule has 0 aliphatic heterocycles. The molecule has 1 aliphatic carbocycles. The molecule has 1 unspecified atom stereocenters. The van der Waals surface area contributed by atoms with Gasteiger partial charge in [0.05, 0.1) is 0 Å². The molecule has 104 valence electrons. The average Bonchev–Trinajstić information content (AvgIpc) is 3.19. The standard InChI is InChI=1S/C14H18ClNO2S/c15-11-3-1-10(2-4-11)9-19-8-7-13(14(17)18)16-12-5-6-12/h1-4,12-13,16H,5-9H2,(H,17,18). The zero-order chi connectivity index (χ0) is 13.7. The van der Waals surface area contributed by atoms with Gasteiger partial charge in [0.25, 0.3) is 0 Å². The summed E-state index contributed by atoms with van der Waals surface area (Å²) in [6.07, 6.45) is 2.90. The van der Waals surface area contributed by atoms with Gasteiger partial charge >= 0.3 is 5.97 Å². The Morgan fingerprint density at radius 2 is 2.11 bits per heavy atom. The Bertz CT molecular complexity index is 420. The number of rotatable bonds is 8. The Morgan fingerprint density at radius 3 is 2.68 bits per heavy atom. The summed E-state index contributed by atoms with van der Waals surface area (Å²) < 4.78 is 0. The summed E-state index contributed by atoms with van der Waals surface area (Å²) in [7, 11) is 0. The van der Waals surface area contributed by atoms with Gasteiger partial charge in [0.1, 0.15) is 6.04 Å². The molecule has 1 fully saturated rings. The normalized spacial score (nSPS) is 16.3. The monoisotopic (exact) mass is 299 g/mol. The summed E-state index contributed by atoms with van der Waals surface area (Å²) in [6, 6.07) is 7.81. The van der Waals surface area contributed by atoms with Crippen molar-refractivity contribution < 1.29 is 9.90 Å². The first kappa shape index (κ1) is 14.7. The van der Waals surface area contributed by atoms with E-state index in [4.69, 9.17) is 16.7 Å². The Kier molecular flexibility index (Phi) is 5.55. The van der Waals surface area contributed by atoms with Crippen LogP contribution in [0.2, 0.25) is 5.02 Å². The lowest BCUT2D eigenvalue weighted by Gasteiger charge is -2.13. The molecular weight excluding hydrogens is 282 g/mol. The molecule has 0 spiro atoms. The van der Waals surface area contributed by atoms with Crippen LogP contribution >= 0.6 is 23.4 Å². The summed E-state index contributed by atoms with van der Waals surface area (Å²) in [4.78, 5) is 11.1. The minimum absolute atomic E-state index is 0.398. The highest BCUT2D eigenvalue weighted by Crippen LogP contribution is 2.21. The molecule has 19 heavy (non-hydrogen) atoms. The molecule has 1 atom stereocenters. The maximum Gasteiger partial charge on any atom is 0.320 e. The lowest BCUT2D eigenvalue weighted by molar-refractivity contribution is -0.139. The number of thioether (sulfide) groups is 1. The van der Waals surface area contributed by atoms with Crippen molar-refractivity contribution in [3.63, 3.8) is 0 Å². The van der Waals surface area contributed by atoms with E-state index in [1.165, 1.54) is 5.56 Å². The molecule has 0 saturated heterocycles. The third-order valence-corrected chi connectivity index (χ3v) is 4.36. The summed E-state index contributed by atoms with van der Waals surface area (Å²) >= 11 is 7.58. The topological polar surface area (TPSA) is 49.3 Å². The van der Waals surface area contributed by atoms with Crippen molar-refractivity contribution in [2.45, 2.75) is 37.1 Å².